The second kappa shape index (κ2) is 7.85. The molecule has 19 heavy (non-hydrogen) atoms. The standard InChI is InChI=1S/C15H30N2O2/c1-13(2)17(10-7-11-18)14(19)15(12-16)8-5-3-4-6-9-15/h13,18H,3-12,16H2,1-2H3. The van der Waals surface area contributed by atoms with Crippen molar-refractivity contribution < 1.29 is 9.90 Å². The molecule has 4 heteroatoms. The Morgan fingerprint density at radius 3 is 2.26 bits per heavy atom. The van der Waals surface area contributed by atoms with Gasteiger partial charge >= 0.3 is 0 Å². The molecule has 0 aliphatic heterocycles. The lowest BCUT2D eigenvalue weighted by atomic mass is 9.78. The van der Waals surface area contributed by atoms with Crippen LogP contribution in [0.25, 0.3) is 0 Å². The quantitative estimate of drug-likeness (QED) is 0.724. The average Bonchev–Trinajstić information content (AvgIpc) is 2.64. The first-order chi connectivity index (χ1) is 9.07. The zero-order valence-electron chi connectivity index (χ0n) is 12.5. The second-order valence-corrected chi connectivity index (χ2v) is 6.07. The highest BCUT2D eigenvalue weighted by molar-refractivity contribution is 5.83. The Labute approximate surface area is 117 Å². The van der Waals surface area contributed by atoms with Gasteiger partial charge in [0.1, 0.15) is 0 Å². The van der Waals surface area contributed by atoms with Crippen molar-refractivity contribution in [1.82, 2.24) is 4.90 Å². The molecule has 112 valence electrons. The first kappa shape index (κ1) is 16.4. The van der Waals surface area contributed by atoms with Gasteiger partial charge in [-0.25, -0.2) is 0 Å². The normalized spacial score (nSPS) is 19.2. The first-order valence-electron chi connectivity index (χ1n) is 7.69. The Hall–Kier alpha value is -0.610. The van der Waals surface area contributed by atoms with Crippen molar-refractivity contribution in [2.24, 2.45) is 11.1 Å². The van der Waals surface area contributed by atoms with Gasteiger partial charge in [-0.3, -0.25) is 4.79 Å². The Morgan fingerprint density at radius 1 is 1.26 bits per heavy atom. The molecule has 0 radical (unpaired) electrons. The molecule has 0 aromatic carbocycles. The van der Waals surface area contributed by atoms with E-state index < -0.39 is 0 Å². The van der Waals surface area contributed by atoms with Crippen LogP contribution in [0.2, 0.25) is 0 Å². The molecular weight excluding hydrogens is 240 g/mol. The second-order valence-electron chi connectivity index (χ2n) is 6.07. The molecule has 0 aromatic heterocycles. The summed E-state index contributed by atoms with van der Waals surface area (Å²) in [6.07, 6.45) is 7.13. The number of carbonyl (C=O) groups is 1. The predicted octanol–water partition coefficient (Wildman–Crippen LogP) is 1.91. The van der Waals surface area contributed by atoms with Crippen LogP contribution in [0, 0.1) is 5.41 Å². The fraction of sp³-hybridized carbons (Fsp3) is 0.933. The molecule has 0 unspecified atom stereocenters. The van der Waals surface area contributed by atoms with Crippen LogP contribution in [0.1, 0.15) is 58.8 Å². The van der Waals surface area contributed by atoms with Gasteiger partial charge in [0, 0.05) is 25.7 Å². The van der Waals surface area contributed by atoms with Crippen LogP contribution in [-0.2, 0) is 4.79 Å². The van der Waals surface area contributed by atoms with Crippen molar-refractivity contribution in [1.29, 1.82) is 0 Å². The number of amides is 1. The van der Waals surface area contributed by atoms with E-state index in [4.69, 9.17) is 10.8 Å². The van der Waals surface area contributed by atoms with Crippen molar-refractivity contribution >= 4 is 5.91 Å². The van der Waals surface area contributed by atoms with Gasteiger partial charge in [-0.15, -0.1) is 0 Å². The highest BCUT2D eigenvalue weighted by Crippen LogP contribution is 2.36. The summed E-state index contributed by atoms with van der Waals surface area (Å²) in [6, 6.07) is 0.172. The van der Waals surface area contributed by atoms with Crippen molar-refractivity contribution in [2.75, 3.05) is 19.7 Å². The van der Waals surface area contributed by atoms with Gasteiger partial charge in [0.05, 0.1) is 5.41 Å². The van der Waals surface area contributed by atoms with Crippen LogP contribution in [0.5, 0.6) is 0 Å². The summed E-state index contributed by atoms with van der Waals surface area (Å²) in [6.45, 7) is 5.29. The zero-order valence-corrected chi connectivity index (χ0v) is 12.5. The topological polar surface area (TPSA) is 66.6 Å². The van der Waals surface area contributed by atoms with Crippen LogP contribution in [0.15, 0.2) is 0 Å². The molecule has 4 nitrogen and oxygen atoms in total. The molecule has 1 fully saturated rings. The molecular formula is C15H30N2O2. The number of hydrogen-bond donors (Lipinski definition) is 2. The van der Waals surface area contributed by atoms with Gasteiger partial charge in [-0.1, -0.05) is 25.7 Å². The van der Waals surface area contributed by atoms with E-state index in [0.717, 1.165) is 25.7 Å². The van der Waals surface area contributed by atoms with Gasteiger partial charge in [0.15, 0.2) is 0 Å². The van der Waals surface area contributed by atoms with E-state index in [-0.39, 0.29) is 24.0 Å². The lowest BCUT2D eigenvalue weighted by molar-refractivity contribution is -0.144. The van der Waals surface area contributed by atoms with E-state index in [2.05, 4.69) is 0 Å². The van der Waals surface area contributed by atoms with Gasteiger partial charge in [0.25, 0.3) is 0 Å². The number of nitrogens with two attached hydrogens (primary N) is 1. The molecule has 0 aromatic rings. The van der Waals surface area contributed by atoms with Crippen molar-refractivity contribution in [3.8, 4) is 0 Å². The minimum atomic E-state index is -0.351. The third-order valence-electron chi connectivity index (χ3n) is 4.35. The van der Waals surface area contributed by atoms with Crippen LogP contribution >= 0.6 is 0 Å². The summed E-state index contributed by atoms with van der Waals surface area (Å²) in [5, 5.41) is 8.99. The summed E-state index contributed by atoms with van der Waals surface area (Å²) in [4.78, 5) is 14.8. The van der Waals surface area contributed by atoms with Crippen molar-refractivity contribution in [2.45, 2.75) is 64.8 Å². The summed E-state index contributed by atoms with van der Waals surface area (Å²) in [5.74, 6) is 0.209. The SMILES string of the molecule is CC(C)N(CCCO)C(=O)C1(CN)CCCCCC1. The molecule has 0 heterocycles. The van der Waals surface area contributed by atoms with Gasteiger partial charge in [-0.2, -0.15) is 0 Å². The van der Waals surface area contributed by atoms with E-state index in [1.54, 1.807) is 0 Å². The fourth-order valence-electron chi connectivity index (χ4n) is 3.05. The van der Waals surface area contributed by atoms with Crippen LogP contribution in [-0.4, -0.2) is 41.7 Å². The summed E-state index contributed by atoms with van der Waals surface area (Å²) in [5.41, 5.74) is 5.63. The number of nitrogens with zero attached hydrogens (tertiary/aromatic N) is 1. The predicted molar refractivity (Wildman–Crippen MR) is 77.7 cm³/mol. The van der Waals surface area contributed by atoms with E-state index in [1.165, 1.54) is 12.8 Å². The van der Waals surface area contributed by atoms with Gasteiger partial charge < -0.3 is 15.7 Å². The molecule has 3 N–H and O–H groups in total. The van der Waals surface area contributed by atoms with Crippen LogP contribution in [0.4, 0.5) is 0 Å². The molecule has 1 saturated carbocycles. The average molecular weight is 270 g/mol. The molecule has 1 amide bonds. The minimum Gasteiger partial charge on any atom is -0.396 e. The van der Waals surface area contributed by atoms with Crippen LogP contribution < -0.4 is 5.73 Å². The summed E-state index contributed by atoms with van der Waals surface area (Å²) < 4.78 is 0. The molecule has 1 rings (SSSR count). The molecule has 1 aliphatic rings. The molecule has 0 bridgehead atoms. The molecule has 0 atom stereocenters. The van der Waals surface area contributed by atoms with E-state index in [9.17, 15) is 4.79 Å². The smallest absolute Gasteiger partial charge is 0.230 e. The van der Waals surface area contributed by atoms with Crippen LogP contribution in [0.3, 0.4) is 0 Å². The largest absolute Gasteiger partial charge is 0.396 e. The Balaban J connectivity index is 2.83. The monoisotopic (exact) mass is 270 g/mol. The Morgan fingerprint density at radius 2 is 1.84 bits per heavy atom. The minimum absolute atomic E-state index is 0.131. The number of aliphatic hydroxyl groups is 1. The number of hydrogen-bond acceptors (Lipinski definition) is 3. The summed E-state index contributed by atoms with van der Waals surface area (Å²) in [7, 11) is 0. The maximum Gasteiger partial charge on any atom is 0.230 e. The van der Waals surface area contributed by atoms with Gasteiger partial charge in [-0.05, 0) is 33.1 Å². The van der Waals surface area contributed by atoms with E-state index in [0.29, 0.717) is 19.5 Å². The third-order valence-corrected chi connectivity index (χ3v) is 4.35. The maximum atomic E-state index is 12.9. The highest BCUT2D eigenvalue weighted by atomic mass is 16.3. The fourth-order valence-corrected chi connectivity index (χ4v) is 3.05. The maximum absolute atomic E-state index is 12.9. The zero-order chi connectivity index (χ0) is 14.3. The molecule has 0 spiro atoms. The number of rotatable bonds is 6. The lowest BCUT2D eigenvalue weighted by Gasteiger charge is -2.38. The third kappa shape index (κ3) is 4.18. The Bertz CT molecular complexity index is 271. The number of carbonyl (C=O) groups excluding carboxylic acids is 1. The summed E-state index contributed by atoms with van der Waals surface area (Å²) >= 11 is 0. The Kier molecular flexibility index (Phi) is 6.80. The first-order valence-corrected chi connectivity index (χ1v) is 7.69. The lowest BCUT2D eigenvalue weighted by Crippen LogP contribution is -2.50. The van der Waals surface area contributed by atoms with E-state index in [1.807, 2.05) is 18.7 Å². The molecule has 1 aliphatic carbocycles. The van der Waals surface area contributed by atoms with Crippen molar-refractivity contribution in [3.05, 3.63) is 0 Å². The van der Waals surface area contributed by atoms with Crippen molar-refractivity contribution in [3.63, 3.8) is 0 Å². The van der Waals surface area contributed by atoms with Gasteiger partial charge in [0.2, 0.25) is 5.91 Å². The van der Waals surface area contributed by atoms with E-state index >= 15 is 0 Å². The number of aliphatic hydroxyl groups excluding tert-OH is 1. The molecule has 0 saturated heterocycles. The highest BCUT2D eigenvalue weighted by Gasteiger charge is 2.40.